The Hall–Kier alpha value is -1.02. The second kappa shape index (κ2) is 8.57. The SMILES string of the molecule is C/C=C/CCN(CC/C=C/C)CC(O)(C(F)(F)F)C(F)(F)F. The Kier molecular flexibility index (Phi) is 8.17. The van der Waals surface area contributed by atoms with Gasteiger partial charge in [0.05, 0.1) is 0 Å². The van der Waals surface area contributed by atoms with Crippen LogP contribution in [0.15, 0.2) is 24.3 Å². The normalized spacial score (nSPS) is 14.6. The van der Waals surface area contributed by atoms with Crippen LogP contribution in [0.25, 0.3) is 0 Å². The van der Waals surface area contributed by atoms with E-state index in [9.17, 15) is 31.4 Å². The van der Waals surface area contributed by atoms with E-state index in [2.05, 4.69) is 0 Å². The molecule has 0 aromatic rings. The van der Waals surface area contributed by atoms with Crippen molar-refractivity contribution in [3.05, 3.63) is 24.3 Å². The van der Waals surface area contributed by atoms with E-state index in [-0.39, 0.29) is 13.1 Å². The molecule has 130 valence electrons. The number of alkyl halides is 6. The topological polar surface area (TPSA) is 23.5 Å². The molecule has 0 aliphatic heterocycles. The highest BCUT2D eigenvalue weighted by molar-refractivity contribution is 4.97. The summed E-state index contributed by atoms with van der Waals surface area (Å²) in [5.74, 6) is 0. The summed E-state index contributed by atoms with van der Waals surface area (Å²) >= 11 is 0. The molecule has 0 heterocycles. The van der Waals surface area contributed by atoms with Crippen molar-refractivity contribution in [1.82, 2.24) is 4.90 Å². The molecule has 0 aromatic carbocycles. The van der Waals surface area contributed by atoms with Gasteiger partial charge in [0, 0.05) is 19.6 Å². The van der Waals surface area contributed by atoms with Crippen molar-refractivity contribution in [3.8, 4) is 0 Å². The van der Waals surface area contributed by atoms with Gasteiger partial charge in [-0.25, -0.2) is 0 Å². The molecule has 0 radical (unpaired) electrons. The molecule has 0 aliphatic rings. The van der Waals surface area contributed by atoms with E-state index in [0.717, 1.165) is 4.90 Å². The molecule has 22 heavy (non-hydrogen) atoms. The molecule has 8 heteroatoms. The first kappa shape index (κ1) is 21.0. The fraction of sp³-hybridized carbons (Fsp3) is 0.714. The van der Waals surface area contributed by atoms with Crippen molar-refractivity contribution in [3.63, 3.8) is 0 Å². The quantitative estimate of drug-likeness (QED) is 0.534. The third-order valence-corrected chi connectivity index (χ3v) is 3.09. The standard InChI is InChI=1S/C14H21F6NO/c1-3-5-7-9-21(10-8-6-4-2)11-12(22,13(15,16)17)14(18,19)20/h3-6,22H,7-11H2,1-2H3/b5-3+,6-4+. The van der Waals surface area contributed by atoms with Crippen LogP contribution in [0.3, 0.4) is 0 Å². The summed E-state index contributed by atoms with van der Waals surface area (Å²) in [6.45, 7) is 1.86. The monoisotopic (exact) mass is 333 g/mol. The molecule has 0 bridgehead atoms. The summed E-state index contributed by atoms with van der Waals surface area (Å²) in [5, 5.41) is 9.24. The lowest BCUT2D eigenvalue weighted by Gasteiger charge is -2.36. The zero-order valence-corrected chi connectivity index (χ0v) is 12.5. The molecule has 2 nitrogen and oxygen atoms in total. The summed E-state index contributed by atoms with van der Waals surface area (Å²) in [4.78, 5) is 0.973. The maximum absolute atomic E-state index is 12.7. The van der Waals surface area contributed by atoms with Gasteiger partial charge < -0.3 is 5.11 Å². The first-order chi connectivity index (χ1) is 9.99. The molecule has 0 amide bonds. The molecule has 0 fully saturated rings. The molecule has 0 aromatic heterocycles. The molecule has 0 unspecified atom stereocenters. The van der Waals surface area contributed by atoms with Gasteiger partial charge in [0.15, 0.2) is 0 Å². The Labute approximate surface area is 126 Å². The maximum atomic E-state index is 12.7. The molecule has 0 aliphatic carbocycles. The highest BCUT2D eigenvalue weighted by Crippen LogP contribution is 2.43. The second-order valence-corrected chi connectivity index (χ2v) is 4.85. The Morgan fingerprint density at radius 2 is 1.18 bits per heavy atom. The van der Waals surface area contributed by atoms with Gasteiger partial charge in [-0.2, -0.15) is 26.3 Å². The smallest absolute Gasteiger partial charge is 0.373 e. The zero-order chi connectivity index (χ0) is 17.4. The number of hydrogen-bond donors (Lipinski definition) is 1. The first-order valence-corrected chi connectivity index (χ1v) is 6.80. The highest BCUT2D eigenvalue weighted by atomic mass is 19.4. The number of halogens is 6. The third kappa shape index (κ3) is 6.00. The lowest BCUT2D eigenvalue weighted by Crippen LogP contribution is -2.63. The lowest BCUT2D eigenvalue weighted by molar-refractivity contribution is -0.370. The summed E-state index contributed by atoms with van der Waals surface area (Å²) in [7, 11) is 0. The molecule has 0 atom stereocenters. The van der Waals surface area contributed by atoms with Crippen LogP contribution < -0.4 is 0 Å². The van der Waals surface area contributed by atoms with Gasteiger partial charge in [0.2, 0.25) is 0 Å². The first-order valence-electron chi connectivity index (χ1n) is 6.80. The molecular weight excluding hydrogens is 312 g/mol. The minimum atomic E-state index is -5.79. The largest absolute Gasteiger partial charge is 0.427 e. The second-order valence-electron chi connectivity index (χ2n) is 4.85. The lowest BCUT2D eigenvalue weighted by atomic mass is 10.0. The summed E-state index contributed by atoms with van der Waals surface area (Å²) in [5.41, 5.74) is -4.73. The van der Waals surface area contributed by atoms with Gasteiger partial charge in [-0.1, -0.05) is 24.3 Å². The van der Waals surface area contributed by atoms with Crippen molar-refractivity contribution in [2.45, 2.75) is 44.6 Å². The van der Waals surface area contributed by atoms with Crippen LogP contribution in [-0.4, -0.2) is 47.6 Å². The molecule has 0 rings (SSSR count). The van der Waals surface area contributed by atoms with E-state index in [1.165, 1.54) is 0 Å². The summed E-state index contributed by atoms with van der Waals surface area (Å²) < 4.78 is 76.3. The predicted octanol–water partition coefficient (Wildman–Crippen LogP) is 4.08. The number of aliphatic hydroxyl groups is 1. The van der Waals surface area contributed by atoms with Gasteiger partial charge in [0.25, 0.3) is 5.60 Å². The zero-order valence-electron chi connectivity index (χ0n) is 12.5. The third-order valence-electron chi connectivity index (χ3n) is 3.09. The van der Waals surface area contributed by atoms with E-state index < -0.39 is 24.5 Å². The number of hydrogen-bond acceptors (Lipinski definition) is 2. The molecule has 0 saturated heterocycles. The average molecular weight is 333 g/mol. The van der Waals surface area contributed by atoms with Crippen LogP contribution in [0.4, 0.5) is 26.3 Å². The van der Waals surface area contributed by atoms with Crippen LogP contribution in [0, 0.1) is 0 Å². The van der Waals surface area contributed by atoms with Crippen LogP contribution >= 0.6 is 0 Å². The molecular formula is C14H21F6NO. The van der Waals surface area contributed by atoms with Gasteiger partial charge in [-0.3, -0.25) is 4.90 Å². The van der Waals surface area contributed by atoms with E-state index in [1.807, 2.05) is 0 Å². The van der Waals surface area contributed by atoms with Gasteiger partial charge in [0.1, 0.15) is 0 Å². The Bertz CT molecular complexity index is 343. The highest BCUT2D eigenvalue weighted by Gasteiger charge is 2.70. The van der Waals surface area contributed by atoms with E-state index in [0.29, 0.717) is 12.8 Å². The van der Waals surface area contributed by atoms with Crippen molar-refractivity contribution >= 4 is 0 Å². The Morgan fingerprint density at radius 3 is 1.45 bits per heavy atom. The molecule has 0 saturated carbocycles. The predicted molar refractivity (Wildman–Crippen MR) is 72.4 cm³/mol. The number of nitrogens with zero attached hydrogens (tertiary/aromatic N) is 1. The maximum Gasteiger partial charge on any atom is 0.427 e. The fourth-order valence-corrected chi connectivity index (χ4v) is 1.78. The molecule has 1 N–H and O–H groups in total. The van der Waals surface area contributed by atoms with Crippen LogP contribution in [0.1, 0.15) is 26.7 Å². The van der Waals surface area contributed by atoms with E-state index in [1.54, 1.807) is 38.2 Å². The summed E-state index contributed by atoms with van der Waals surface area (Å²) in [6, 6.07) is 0. The Morgan fingerprint density at radius 1 is 0.818 bits per heavy atom. The van der Waals surface area contributed by atoms with Gasteiger partial charge >= 0.3 is 12.4 Å². The Balaban J connectivity index is 5.17. The minimum Gasteiger partial charge on any atom is -0.373 e. The van der Waals surface area contributed by atoms with Crippen molar-refractivity contribution in [1.29, 1.82) is 0 Å². The number of rotatable bonds is 8. The van der Waals surface area contributed by atoms with E-state index >= 15 is 0 Å². The van der Waals surface area contributed by atoms with Crippen LogP contribution in [0.5, 0.6) is 0 Å². The van der Waals surface area contributed by atoms with Crippen LogP contribution in [-0.2, 0) is 0 Å². The number of allylic oxidation sites excluding steroid dienone is 2. The van der Waals surface area contributed by atoms with Crippen molar-refractivity contribution in [2.75, 3.05) is 19.6 Å². The average Bonchev–Trinajstić information content (AvgIpc) is 2.36. The van der Waals surface area contributed by atoms with Gasteiger partial charge in [-0.05, 0) is 26.7 Å². The molecule has 0 spiro atoms. The van der Waals surface area contributed by atoms with Crippen LogP contribution in [0.2, 0.25) is 0 Å². The van der Waals surface area contributed by atoms with Gasteiger partial charge in [-0.15, -0.1) is 0 Å². The van der Waals surface area contributed by atoms with Crippen molar-refractivity contribution in [2.24, 2.45) is 0 Å². The van der Waals surface area contributed by atoms with Crippen molar-refractivity contribution < 1.29 is 31.4 Å². The minimum absolute atomic E-state index is 0.00361. The fourth-order valence-electron chi connectivity index (χ4n) is 1.78. The summed E-state index contributed by atoms with van der Waals surface area (Å²) in [6.07, 6.45) is -4.37. The van der Waals surface area contributed by atoms with E-state index in [4.69, 9.17) is 0 Å².